The summed E-state index contributed by atoms with van der Waals surface area (Å²) in [6.07, 6.45) is 2.54. The fraction of sp³-hybridized carbons (Fsp3) is 0.471. The molecule has 0 aliphatic carbocycles. The van der Waals surface area contributed by atoms with E-state index in [1.165, 1.54) is 41.6 Å². The number of thiophene rings is 1. The van der Waals surface area contributed by atoms with Crippen molar-refractivity contribution in [3.8, 4) is 0 Å². The smallest absolute Gasteiger partial charge is 0.218 e. The zero-order valence-electron chi connectivity index (χ0n) is 13.2. The maximum atomic E-state index is 6.49. The number of rotatable bonds is 1. The van der Waals surface area contributed by atoms with Crippen molar-refractivity contribution in [3.05, 3.63) is 35.2 Å². The first-order valence-electron chi connectivity index (χ1n) is 7.76. The molecule has 132 valence electrons. The Balaban J connectivity index is 0.000000694. The quantitative estimate of drug-likeness (QED) is 0.752. The molecule has 4 aliphatic rings. The fourth-order valence-electron chi connectivity index (χ4n) is 4.17. The average Bonchev–Trinajstić information content (AvgIpc) is 3.13. The molecule has 0 saturated carbocycles. The van der Waals surface area contributed by atoms with Crippen LogP contribution in [0.3, 0.4) is 0 Å². The molecule has 5 heterocycles. The maximum absolute atomic E-state index is 6.49. The van der Waals surface area contributed by atoms with Gasteiger partial charge in [-0.05, 0) is 32.0 Å². The third-order valence-electron chi connectivity index (χ3n) is 5.32. The minimum atomic E-state index is -0.0329. The van der Waals surface area contributed by atoms with Crippen LogP contribution in [0.25, 0.3) is 10.1 Å². The van der Waals surface area contributed by atoms with Crippen LogP contribution in [-0.4, -0.2) is 48.1 Å². The highest BCUT2D eigenvalue weighted by atomic mass is 35.5. The molecule has 6 rings (SSSR count). The molecule has 2 N–H and O–H groups in total. The van der Waals surface area contributed by atoms with Gasteiger partial charge in [0, 0.05) is 27.9 Å². The standard InChI is InChI=1S/C17H18N2OS.2ClH.H2O/c1-2-4-15-13(3-1)14(9-21-15)16-18-10-17(20-16)11-19-7-5-12(17)6-8-19;;;/h1-4,9,12H,5-8,10-11H2;2*1H;1H2. The SMILES string of the molecule is Cl.Cl.O.c1ccc2c(C3=NCC4(CN5CCC4CC5)O3)csc2c1. The molecule has 2 bridgehead atoms. The lowest BCUT2D eigenvalue weighted by molar-refractivity contribution is -0.0825. The van der Waals surface area contributed by atoms with E-state index in [4.69, 9.17) is 9.73 Å². The number of piperidine rings is 3. The van der Waals surface area contributed by atoms with Crippen LogP contribution in [-0.2, 0) is 4.74 Å². The first-order valence-corrected chi connectivity index (χ1v) is 8.64. The first kappa shape index (κ1) is 19.5. The zero-order chi connectivity index (χ0) is 13.9. The molecule has 3 saturated heterocycles. The van der Waals surface area contributed by atoms with Crippen LogP contribution < -0.4 is 0 Å². The van der Waals surface area contributed by atoms with Gasteiger partial charge in [0.1, 0.15) is 5.60 Å². The van der Waals surface area contributed by atoms with Crippen molar-refractivity contribution in [1.82, 2.24) is 4.90 Å². The monoisotopic (exact) mass is 388 g/mol. The predicted molar refractivity (Wildman–Crippen MR) is 104 cm³/mol. The summed E-state index contributed by atoms with van der Waals surface area (Å²) in [6, 6.07) is 8.53. The van der Waals surface area contributed by atoms with Gasteiger partial charge >= 0.3 is 0 Å². The number of hydrogen-bond acceptors (Lipinski definition) is 4. The molecule has 24 heavy (non-hydrogen) atoms. The molecule has 2 aromatic rings. The second kappa shape index (κ2) is 7.18. The Morgan fingerprint density at radius 1 is 1.17 bits per heavy atom. The Bertz CT molecular complexity index is 743. The summed E-state index contributed by atoms with van der Waals surface area (Å²) in [6.45, 7) is 4.39. The van der Waals surface area contributed by atoms with Crippen LogP contribution in [0.2, 0.25) is 0 Å². The van der Waals surface area contributed by atoms with E-state index in [0.29, 0.717) is 5.92 Å². The van der Waals surface area contributed by atoms with E-state index in [2.05, 4.69) is 34.5 Å². The highest BCUT2D eigenvalue weighted by Crippen LogP contribution is 2.42. The fourth-order valence-corrected chi connectivity index (χ4v) is 5.10. The van der Waals surface area contributed by atoms with Crippen molar-refractivity contribution in [2.24, 2.45) is 10.9 Å². The molecule has 4 aliphatic heterocycles. The normalized spacial score (nSPS) is 30.1. The van der Waals surface area contributed by atoms with Gasteiger partial charge in [0.25, 0.3) is 0 Å². The van der Waals surface area contributed by atoms with E-state index in [-0.39, 0.29) is 35.9 Å². The number of fused-ring (bicyclic) bond motifs is 3. The van der Waals surface area contributed by atoms with Crippen LogP contribution in [0.4, 0.5) is 0 Å². The molecular weight excluding hydrogens is 367 g/mol. The molecular formula is C17H22Cl2N2O2S. The summed E-state index contributed by atoms with van der Waals surface area (Å²) in [7, 11) is 0. The molecule has 1 atom stereocenters. The van der Waals surface area contributed by atoms with E-state index >= 15 is 0 Å². The van der Waals surface area contributed by atoms with Crippen LogP contribution in [0, 0.1) is 5.92 Å². The lowest BCUT2D eigenvalue weighted by atomic mass is 9.75. The number of benzene rings is 1. The Kier molecular flexibility index (Phi) is 5.83. The second-order valence-corrected chi connectivity index (χ2v) is 7.40. The Morgan fingerprint density at radius 2 is 1.92 bits per heavy atom. The Morgan fingerprint density at radius 3 is 2.62 bits per heavy atom. The topological polar surface area (TPSA) is 56.3 Å². The third kappa shape index (κ3) is 2.82. The number of ether oxygens (including phenoxy) is 1. The minimum Gasteiger partial charge on any atom is -0.467 e. The summed E-state index contributed by atoms with van der Waals surface area (Å²) in [5, 5.41) is 3.48. The Labute approximate surface area is 158 Å². The molecule has 0 amide bonds. The molecule has 1 aromatic carbocycles. The zero-order valence-corrected chi connectivity index (χ0v) is 15.7. The maximum Gasteiger partial charge on any atom is 0.218 e. The van der Waals surface area contributed by atoms with Gasteiger partial charge in [0.15, 0.2) is 0 Å². The van der Waals surface area contributed by atoms with E-state index in [1.807, 2.05) is 0 Å². The summed E-state index contributed by atoms with van der Waals surface area (Å²) >= 11 is 1.78. The summed E-state index contributed by atoms with van der Waals surface area (Å²) < 4.78 is 7.80. The van der Waals surface area contributed by atoms with E-state index in [1.54, 1.807) is 11.3 Å². The summed E-state index contributed by atoms with van der Waals surface area (Å²) in [5.74, 6) is 1.56. The number of aliphatic imine (C=N–C) groups is 1. The largest absolute Gasteiger partial charge is 0.467 e. The highest BCUT2D eigenvalue weighted by molar-refractivity contribution is 7.17. The minimum absolute atomic E-state index is 0. The van der Waals surface area contributed by atoms with Crippen LogP contribution in [0.5, 0.6) is 0 Å². The predicted octanol–water partition coefficient (Wildman–Crippen LogP) is 3.16. The molecule has 0 radical (unpaired) electrons. The van der Waals surface area contributed by atoms with Gasteiger partial charge < -0.3 is 10.2 Å². The lowest BCUT2D eigenvalue weighted by Crippen LogP contribution is -2.60. The van der Waals surface area contributed by atoms with E-state index in [0.717, 1.165) is 19.0 Å². The van der Waals surface area contributed by atoms with Gasteiger partial charge in [0.2, 0.25) is 5.90 Å². The first-order chi connectivity index (χ1) is 10.3. The summed E-state index contributed by atoms with van der Waals surface area (Å²) in [4.78, 5) is 7.34. The number of halogens is 2. The third-order valence-corrected chi connectivity index (χ3v) is 6.29. The van der Waals surface area contributed by atoms with Crippen molar-refractivity contribution in [1.29, 1.82) is 0 Å². The number of nitrogens with zero attached hydrogens (tertiary/aromatic N) is 2. The average molecular weight is 389 g/mol. The van der Waals surface area contributed by atoms with Crippen molar-refractivity contribution < 1.29 is 10.2 Å². The molecule has 3 fully saturated rings. The van der Waals surface area contributed by atoms with Crippen molar-refractivity contribution in [2.45, 2.75) is 18.4 Å². The molecule has 7 heteroatoms. The van der Waals surface area contributed by atoms with Crippen molar-refractivity contribution >= 4 is 52.1 Å². The van der Waals surface area contributed by atoms with Gasteiger partial charge in [0.05, 0.1) is 12.1 Å². The highest BCUT2D eigenvalue weighted by Gasteiger charge is 2.51. The van der Waals surface area contributed by atoms with Gasteiger partial charge in [-0.25, -0.2) is 4.99 Å². The lowest BCUT2D eigenvalue weighted by Gasteiger charge is -2.50. The molecule has 1 aromatic heterocycles. The van der Waals surface area contributed by atoms with E-state index < -0.39 is 0 Å². The van der Waals surface area contributed by atoms with E-state index in [9.17, 15) is 0 Å². The molecule has 1 unspecified atom stereocenters. The van der Waals surface area contributed by atoms with Gasteiger partial charge in [-0.2, -0.15) is 0 Å². The second-order valence-electron chi connectivity index (χ2n) is 6.48. The van der Waals surface area contributed by atoms with Gasteiger partial charge in [-0.1, -0.05) is 18.2 Å². The molecule has 4 nitrogen and oxygen atoms in total. The van der Waals surface area contributed by atoms with Crippen molar-refractivity contribution in [3.63, 3.8) is 0 Å². The van der Waals surface area contributed by atoms with Crippen LogP contribution in [0.1, 0.15) is 18.4 Å². The van der Waals surface area contributed by atoms with Gasteiger partial charge in [-0.3, -0.25) is 4.90 Å². The van der Waals surface area contributed by atoms with Crippen molar-refractivity contribution in [2.75, 3.05) is 26.2 Å². The molecule has 1 spiro atoms. The Hall–Kier alpha value is -0.850. The van der Waals surface area contributed by atoms with Gasteiger partial charge in [-0.15, -0.1) is 36.2 Å². The summed E-state index contributed by atoms with van der Waals surface area (Å²) in [5.41, 5.74) is 1.15. The van der Waals surface area contributed by atoms with Crippen LogP contribution in [0.15, 0.2) is 34.6 Å². The number of hydrogen-bond donors (Lipinski definition) is 0. The van der Waals surface area contributed by atoms with Crippen LogP contribution >= 0.6 is 36.2 Å².